The molecule has 44 heavy (non-hydrogen) atoms. The molecule has 2 N–H and O–H groups in total. The van der Waals surface area contributed by atoms with Crippen molar-refractivity contribution in [2.75, 3.05) is 7.11 Å². The number of phenolic OH excluding ortho intramolecular Hbond substituents is 1. The summed E-state index contributed by atoms with van der Waals surface area (Å²) in [6.07, 6.45) is 8.66. The fraction of sp³-hybridized carbons (Fsp3) is 0.636. The van der Waals surface area contributed by atoms with Crippen molar-refractivity contribution >= 4 is 29.3 Å². The Balaban J connectivity index is 1.16. The highest BCUT2D eigenvalue weighted by atomic mass is 16.6. The van der Waals surface area contributed by atoms with E-state index in [1.807, 2.05) is 6.08 Å². The first kappa shape index (κ1) is 31.7. The zero-order valence-electron chi connectivity index (χ0n) is 25.6. The number of benzene rings is 1. The van der Waals surface area contributed by atoms with E-state index in [0.717, 1.165) is 57.1 Å². The van der Waals surface area contributed by atoms with Crippen molar-refractivity contribution < 1.29 is 38.7 Å². The van der Waals surface area contributed by atoms with E-state index in [1.54, 1.807) is 0 Å². The number of carbonyl (C=O) groups excluding carboxylic acids is 4. The normalized spacial score (nSPS) is 31.4. The van der Waals surface area contributed by atoms with Crippen LogP contribution in [-0.2, 0) is 35.1 Å². The number of ether oxygens (including phenoxy) is 2. The van der Waals surface area contributed by atoms with Gasteiger partial charge in [-0.2, -0.15) is 0 Å². The predicted molar refractivity (Wildman–Crippen MR) is 158 cm³/mol. The summed E-state index contributed by atoms with van der Waals surface area (Å²) in [4.78, 5) is 60.6. The van der Waals surface area contributed by atoms with E-state index in [0.29, 0.717) is 29.7 Å². The molecular weight excluding hydrogens is 568 g/mol. The van der Waals surface area contributed by atoms with Gasteiger partial charge in [0.25, 0.3) is 0 Å². The molecule has 0 radical (unpaired) electrons. The molecule has 7 atom stereocenters. The third kappa shape index (κ3) is 5.97. The highest BCUT2D eigenvalue weighted by Gasteiger charge is 2.60. The lowest BCUT2D eigenvalue weighted by atomic mass is 9.47. The lowest BCUT2D eigenvalue weighted by Crippen LogP contribution is -2.51. The number of nitrogens with one attached hydrogen (secondary N) is 1. The van der Waals surface area contributed by atoms with Crippen molar-refractivity contribution in [1.82, 2.24) is 5.32 Å². The number of phenols is 1. The van der Waals surface area contributed by atoms with Crippen LogP contribution in [0.1, 0.15) is 83.6 Å². The highest BCUT2D eigenvalue weighted by Crippen LogP contribution is 2.65. The summed E-state index contributed by atoms with van der Waals surface area (Å²) < 4.78 is 10.8. The van der Waals surface area contributed by atoms with Crippen LogP contribution in [0.2, 0.25) is 0 Å². The largest absolute Gasteiger partial charge is 0.502 e. The van der Waals surface area contributed by atoms with Crippen LogP contribution >= 0.6 is 0 Å². The number of carbonyl (C=O) groups is 4. The van der Waals surface area contributed by atoms with Gasteiger partial charge in [0, 0.05) is 30.7 Å². The zero-order chi connectivity index (χ0) is 31.8. The molecule has 0 saturated heterocycles. The average molecular weight is 611 g/mol. The molecule has 238 valence electrons. The Bertz CT molecular complexity index is 1390. The van der Waals surface area contributed by atoms with Gasteiger partial charge in [-0.05, 0) is 85.8 Å². The highest BCUT2D eigenvalue weighted by molar-refractivity contribution is 5.91. The molecule has 0 aromatic heterocycles. The van der Waals surface area contributed by atoms with E-state index in [2.05, 4.69) is 19.2 Å². The molecule has 0 spiro atoms. The molecule has 0 bridgehead atoms. The van der Waals surface area contributed by atoms with Gasteiger partial charge in [0.2, 0.25) is 5.91 Å². The van der Waals surface area contributed by atoms with Gasteiger partial charge in [-0.3, -0.25) is 24.5 Å². The van der Waals surface area contributed by atoms with Gasteiger partial charge in [-0.15, -0.1) is 0 Å². The van der Waals surface area contributed by atoms with Crippen molar-refractivity contribution in [2.45, 2.75) is 96.6 Å². The van der Waals surface area contributed by atoms with Crippen molar-refractivity contribution in [1.29, 1.82) is 0 Å². The Hall–Kier alpha value is -3.76. The molecule has 0 unspecified atom stereocenters. The number of amides is 1. The molecule has 1 aromatic rings. The standard InChI is InChI=1S/C33H42N2O9/c1-32-14-12-21(36)18-20(32)5-6-22-23-7-9-28(33(23,2)15-13-24(22)32)44-30(39)11-10-29(38)34-25(31(40)43-3)16-19-4-8-27(37)26(17-19)35(41)42/h4,8,17-18,22-25,28,37H,5-7,9-16H2,1-3H3,(H,34,38)/t22-,23+,24+,25-,28+,32-,33-/m0/s1. The second-order valence-corrected chi connectivity index (χ2v) is 13.5. The molecule has 4 aliphatic carbocycles. The third-order valence-electron chi connectivity index (χ3n) is 11.2. The van der Waals surface area contributed by atoms with Crippen LogP contribution in [-0.4, -0.2) is 52.9 Å². The number of nitro benzene ring substituents is 1. The van der Waals surface area contributed by atoms with Crippen LogP contribution in [0, 0.1) is 38.7 Å². The fourth-order valence-corrected chi connectivity index (χ4v) is 8.82. The number of ketones is 1. The number of allylic oxidation sites excluding steroid dienone is 1. The van der Waals surface area contributed by atoms with Crippen molar-refractivity contribution in [3.63, 3.8) is 0 Å². The van der Waals surface area contributed by atoms with Gasteiger partial charge >= 0.3 is 17.6 Å². The minimum Gasteiger partial charge on any atom is -0.502 e. The van der Waals surface area contributed by atoms with Crippen molar-refractivity contribution in [2.24, 2.45) is 28.6 Å². The van der Waals surface area contributed by atoms with Crippen LogP contribution in [0.15, 0.2) is 29.8 Å². The summed E-state index contributed by atoms with van der Waals surface area (Å²) in [5.74, 6) is -0.455. The van der Waals surface area contributed by atoms with Crippen LogP contribution in [0.4, 0.5) is 5.69 Å². The van der Waals surface area contributed by atoms with Gasteiger partial charge < -0.3 is 19.9 Å². The Morgan fingerprint density at radius 2 is 1.86 bits per heavy atom. The number of rotatable bonds is 9. The molecule has 0 heterocycles. The van der Waals surface area contributed by atoms with Gasteiger partial charge in [-0.1, -0.05) is 25.5 Å². The maximum absolute atomic E-state index is 13.0. The SMILES string of the molecule is COC(=O)[C@H](Cc1ccc(O)c([N+](=O)[O-])c1)NC(=O)CCC(=O)O[C@@H]1CC[C@@H]2[C@@H]3CCC4=CC(=O)CC[C@]4(C)[C@@H]3CC[C@@]21C. The van der Waals surface area contributed by atoms with E-state index in [-0.39, 0.29) is 42.0 Å². The molecule has 3 fully saturated rings. The quantitative estimate of drug-likeness (QED) is 0.229. The number of nitrogens with zero attached hydrogens (tertiary/aromatic N) is 1. The van der Waals surface area contributed by atoms with Gasteiger partial charge in [0.05, 0.1) is 18.5 Å². The molecular formula is C33H42N2O9. The zero-order valence-corrected chi connectivity index (χ0v) is 25.6. The van der Waals surface area contributed by atoms with E-state index in [1.165, 1.54) is 18.7 Å². The summed E-state index contributed by atoms with van der Waals surface area (Å²) in [7, 11) is 1.17. The van der Waals surface area contributed by atoms with E-state index < -0.39 is 40.2 Å². The average Bonchev–Trinajstić information content (AvgIpc) is 3.32. The summed E-state index contributed by atoms with van der Waals surface area (Å²) in [5.41, 5.74) is 1.13. The summed E-state index contributed by atoms with van der Waals surface area (Å²) in [6, 6.07) is 2.58. The first-order valence-corrected chi connectivity index (χ1v) is 15.6. The van der Waals surface area contributed by atoms with Gasteiger partial charge in [0.1, 0.15) is 12.1 Å². The van der Waals surface area contributed by atoms with Crippen LogP contribution in [0.25, 0.3) is 0 Å². The lowest BCUT2D eigenvalue weighted by Gasteiger charge is -2.57. The molecule has 3 saturated carbocycles. The number of esters is 2. The van der Waals surface area contributed by atoms with Crippen molar-refractivity contribution in [3.05, 3.63) is 45.5 Å². The molecule has 1 amide bonds. The van der Waals surface area contributed by atoms with Gasteiger partial charge in [-0.25, -0.2) is 4.79 Å². The van der Waals surface area contributed by atoms with E-state index in [4.69, 9.17) is 9.47 Å². The molecule has 0 aliphatic heterocycles. The summed E-state index contributed by atoms with van der Waals surface area (Å²) in [5, 5.41) is 23.4. The van der Waals surface area contributed by atoms with Crippen molar-refractivity contribution in [3.8, 4) is 5.75 Å². The van der Waals surface area contributed by atoms with E-state index >= 15 is 0 Å². The predicted octanol–water partition coefficient (Wildman–Crippen LogP) is 4.72. The second-order valence-electron chi connectivity index (χ2n) is 13.5. The maximum Gasteiger partial charge on any atom is 0.328 e. The Morgan fingerprint density at radius 1 is 1.09 bits per heavy atom. The fourth-order valence-electron chi connectivity index (χ4n) is 8.82. The van der Waals surface area contributed by atoms with Gasteiger partial charge in [0.15, 0.2) is 11.5 Å². The first-order chi connectivity index (χ1) is 20.9. The first-order valence-electron chi connectivity index (χ1n) is 15.6. The molecule has 4 aliphatic rings. The molecule has 1 aromatic carbocycles. The Morgan fingerprint density at radius 3 is 2.59 bits per heavy atom. The molecule has 5 rings (SSSR count). The monoisotopic (exact) mass is 610 g/mol. The topological polar surface area (TPSA) is 162 Å². The number of aromatic hydroxyl groups is 1. The van der Waals surface area contributed by atoms with Crippen LogP contribution in [0.5, 0.6) is 5.75 Å². The van der Waals surface area contributed by atoms with Crippen LogP contribution < -0.4 is 5.32 Å². The smallest absolute Gasteiger partial charge is 0.328 e. The number of nitro groups is 1. The Kier molecular flexibility index (Phi) is 8.87. The second kappa shape index (κ2) is 12.3. The minimum atomic E-state index is -1.13. The lowest BCUT2D eigenvalue weighted by molar-refractivity contribution is -0.385. The third-order valence-corrected chi connectivity index (χ3v) is 11.2. The minimum absolute atomic E-state index is 0.0827. The summed E-state index contributed by atoms with van der Waals surface area (Å²) in [6.45, 7) is 4.60. The molecule has 11 heteroatoms. The van der Waals surface area contributed by atoms with Crippen LogP contribution in [0.3, 0.4) is 0 Å². The summed E-state index contributed by atoms with van der Waals surface area (Å²) >= 11 is 0. The van der Waals surface area contributed by atoms with E-state index in [9.17, 15) is 34.4 Å². The number of methoxy groups -OCH3 is 1. The number of hydrogen-bond donors (Lipinski definition) is 2. The number of fused-ring (bicyclic) bond motifs is 5. The Labute approximate surface area is 256 Å². The maximum atomic E-state index is 13.0. The molecule has 11 nitrogen and oxygen atoms in total. The number of hydrogen-bond acceptors (Lipinski definition) is 9.